The van der Waals surface area contributed by atoms with E-state index in [0.717, 1.165) is 18.1 Å². The van der Waals surface area contributed by atoms with Gasteiger partial charge in [0.05, 0.1) is 29.9 Å². The van der Waals surface area contributed by atoms with Crippen molar-refractivity contribution in [3.05, 3.63) is 89.0 Å². The molecular formula is C30H34ClF3N6OS. The van der Waals surface area contributed by atoms with Crippen LogP contribution in [0.1, 0.15) is 48.2 Å². The van der Waals surface area contributed by atoms with Crippen molar-refractivity contribution in [2.24, 2.45) is 5.92 Å². The van der Waals surface area contributed by atoms with Gasteiger partial charge >= 0.3 is 6.18 Å². The summed E-state index contributed by atoms with van der Waals surface area (Å²) in [4.78, 5) is 19.1. The number of hydrogen-bond acceptors (Lipinski definition) is 4. The zero-order chi connectivity index (χ0) is 30.7. The highest BCUT2D eigenvalue weighted by Gasteiger charge is 2.34. The Bertz CT molecular complexity index is 1370. The summed E-state index contributed by atoms with van der Waals surface area (Å²) < 4.78 is 43.1. The Labute approximate surface area is 254 Å². The molecule has 0 unspecified atom stereocenters. The van der Waals surface area contributed by atoms with Gasteiger partial charge in [-0.2, -0.15) is 18.4 Å². The summed E-state index contributed by atoms with van der Waals surface area (Å²) >= 11 is 11.4. The minimum atomic E-state index is -4.52. The molecule has 0 saturated heterocycles. The summed E-state index contributed by atoms with van der Waals surface area (Å²) in [5.41, 5.74) is 1.58. The molecule has 0 aliphatic carbocycles. The maximum Gasteiger partial charge on any atom is 0.416 e. The van der Waals surface area contributed by atoms with Crippen LogP contribution in [0.5, 0.6) is 0 Å². The lowest BCUT2D eigenvalue weighted by molar-refractivity contribution is -0.138. The second-order valence-electron chi connectivity index (χ2n) is 10.0. The average molecular weight is 619 g/mol. The molecule has 224 valence electrons. The normalized spacial score (nSPS) is 12.7. The van der Waals surface area contributed by atoms with Crippen LogP contribution in [0.3, 0.4) is 0 Å². The van der Waals surface area contributed by atoms with Gasteiger partial charge in [0.1, 0.15) is 0 Å². The molecule has 2 N–H and O–H groups in total. The summed E-state index contributed by atoms with van der Waals surface area (Å²) in [5.74, 6) is 0.0419. The molecule has 42 heavy (non-hydrogen) atoms. The number of nitrogens with one attached hydrogen (secondary N) is 2. The number of halogens is 4. The summed E-state index contributed by atoms with van der Waals surface area (Å²) in [6, 6.07) is 14.3. The Morgan fingerprint density at radius 3 is 2.57 bits per heavy atom. The molecule has 2 aromatic carbocycles. The maximum absolute atomic E-state index is 13.7. The van der Waals surface area contributed by atoms with Gasteiger partial charge in [-0.15, -0.1) is 11.6 Å². The molecule has 1 aromatic heterocycles. The van der Waals surface area contributed by atoms with E-state index in [1.807, 2.05) is 30.5 Å². The third-order valence-corrected chi connectivity index (χ3v) is 7.60. The number of carbonyl (C=O) groups excluding carboxylic acids is 1. The number of nitriles is 1. The van der Waals surface area contributed by atoms with Gasteiger partial charge in [-0.05, 0) is 47.5 Å². The van der Waals surface area contributed by atoms with Crippen molar-refractivity contribution in [3.8, 4) is 6.07 Å². The highest BCUT2D eigenvalue weighted by atomic mass is 35.5. The predicted molar refractivity (Wildman–Crippen MR) is 161 cm³/mol. The quantitative estimate of drug-likeness (QED) is 0.194. The number of imidazole rings is 1. The zero-order valence-corrected chi connectivity index (χ0v) is 25.1. The van der Waals surface area contributed by atoms with Gasteiger partial charge in [0.15, 0.2) is 5.11 Å². The summed E-state index contributed by atoms with van der Waals surface area (Å²) in [6.07, 6.45) is -0.440. The van der Waals surface area contributed by atoms with Crippen LogP contribution in [0.4, 0.5) is 13.2 Å². The Morgan fingerprint density at radius 1 is 1.21 bits per heavy atom. The average Bonchev–Trinajstić information content (AvgIpc) is 3.40. The first-order valence-corrected chi connectivity index (χ1v) is 14.5. The molecule has 3 aromatic rings. The lowest BCUT2D eigenvalue weighted by Crippen LogP contribution is -2.51. The number of thiocarbonyl (C=S) groups is 1. The number of alkyl halides is 4. The molecule has 0 saturated carbocycles. The first kappa shape index (κ1) is 32.9. The molecule has 0 aliphatic rings. The van der Waals surface area contributed by atoms with E-state index in [-0.39, 0.29) is 47.9 Å². The molecule has 1 heterocycles. The minimum absolute atomic E-state index is 0.00805. The highest BCUT2D eigenvalue weighted by Crippen LogP contribution is 2.32. The Kier molecular flexibility index (Phi) is 12.2. The van der Waals surface area contributed by atoms with Gasteiger partial charge in [-0.1, -0.05) is 50.6 Å². The fraction of sp³-hybridized carbons (Fsp3) is 0.400. The van der Waals surface area contributed by atoms with E-state index in [9.17, 15) is 18.0 Å². The van der Waals surface area contributed by atoms with Crippen LogP contribution in [-0.4, -0.2) is 50.5 Å². The summed E-state index contributed by atoms with van der Waals surface area (Å²) in [7, 11) is 0. The lowest BCUT2D eigenvalue weighted by Gasteiger charge is -2.33. The number of nitrogens with zero attached hydrogens (tertiary/aromatic N) is 4. The van der Waals surface area contributed by atoms with Crippen LogP contribution >= 0.6 is 23.8 Å². The molecule has 1 amide bonds. The first-order valence-electron chi connectivity index (χ1n) is 13.6. The fourth-order valence-corrected chi connectivity index (χ4v) is 4.79. The molecular weight excluding hydrogens is 585 g/mol. The van der Waals surface area contributed by atoms with Crippen molar-refractivity contribution >= 4 is 34.8 Å². The number of carbonyl (C=O) groups is 1. The fourth-order valence-electron chi connectivity index (χ4n) is 4.46. The topological polar surface area (TPSA) is 86.0 Å². The molecule has 0 bridgehead atoms. The van der Waals surface area contributed by atoms with Crippen molar-refractivity contribution in [2.45, 2.75) is 52.0 Å². The van der Waals surface area contributed by atoms with Gasteiger partial charge < -0.3 is 20.1 Å². The van der Waals surface area contributed by atoms with Crippen LogP contribution in [0.15, 0.2) is 61.1 Å². The van der Waals surface area contributed by atoms with Crippen LogP contribution in [0, 0.1) is 17.2 Å². The zero-order valence-electron chi connectivity index (χ0n) is 23.5. The highest BCUT2D eigenvalue weighted by molar-refractivity contribution is 7.80. The van der Waals surface area contributed by atoms with E-state index in [1.165, 1.54) is 12.1 Å². The van der Waals surface area contributed by atoms with Crippen LogP contribution in [-0.2, 0) is 30.5 Å². The van der Waals surface area contributed by atoms with Crippen molar-refractivity contribution in [1.82, 2.24) is 25.1 Å². The van der Waals surface area contributed by atoms with Gasteiger partial charge in [0.2, 0.25) is 5.91 Å². The van der Waals surface area contributed by atoms with Gasteiger partial charge in [-0.3, -0.25) is 4.79 Å². The molecule has 2 atom stereocenters. The number of aromatic nitrogens is 2. The van der Waals surface area contributed by atoms with Crippen LogP contribution in [0.25, 0.3) is 0 Å². The number of hydrogen-bond donors (Lipinski definition) is 2. The number of benzene rings is 2. The molecule has 0 fully saturated rings. The second kappa shape index (κ2) is 15.6. The van der Waals surface area contributed by atoms with E-state index in [4.69, 9.17) is 29.1 Å². The third kappa shape index (κ3) is 9.46. The van der Waals surface area contributed by atoms with Crippen molar-refractivity contribution in [2.75, 3.05) is 19.0 Å². The van der Waals surface area contributed by atoms with E-state index in [0.29, 0.717) is 24.3 Å². The molecule has 3 rings (SSSR count). The standard InChI is InChI=1S/C30H34ClF3N6OS/c1-3-21(2)27(19-39(29(42)37-13-12-31)18-24-6-4-5-7-26(24)30(32,33)34)38-28(41)14-25-16-36-20-40(25)17-23-10-8-22(15-35)9-11-23/h4-11,16,20-21,27H,3,12-14,17-19H2,1-2H3,(H,37,42)(H,38,41)/t21-,27+/m0/s1. The molecule has 0 spiro atoms. The Hall–Kier alpha value is -3.62. The Balaban J connectivity index is 1.77. The Morgan fingerprint density at radius 2 is 1.93 bits per heavy atom. The second-order valence-corrected chi connectivity index (χ2v) is 10.8. The molecule has 7 nitrogen and oxygen atoms in total. The van der Waals surface area contributed by atoms with Crippen molar-refractivity contribution in [3.63, 3.8) is 0 Å². The van der Waals surface area contributed by atoms with Crippen LogP contribution < -0.4 is 10.6 Å². The molecule has 0 radical (unpaired) electrons. The van der Waals surface area contributed by atoms with Crippen LogP contribution in [0.2, 0.25) is 0 Å². The third-order valence-electron chi connectivity index (χ3n) is 7.01. The first-order chi connectivity index (χ1) is 20.0. The van der Waals surface area contributed by atoms with E-state index >= 15 is 0 Å². The van der Waals surface area contributed by atoms with Gasteiger partial charge in [0.25, 0.3) is 0 Å². The van der Waals surface area contributed by atoms with Crippen molar-refractivity contribution in [1.29, 1.82) is 5.26 Å². The van der Waals surface area contributed by atoms with E-state index in [2.05, 4.69) is 21.7 Å². The largest absolute Gasteiger partial charge is 0.416 e. The monoisotopic (exact) mass is 618 g/mol. The maximum atomic E-state index is 13.7. The smallest absolute Gasteiger partial charge is 0.361 e. The SMILES string of the molecule is CC[C@H](C)[C@@H](CN(Cc1ccccc1C(F)(F)F)C(=S)NCCCl)NC(=O)Cc1cncn1Cc1ccc(C#N)cc1. The number of rotatable bonds is 13. The van der Waals surface area contributed by atoms with E-state index < -0.39 is 17.8 Å². The van der Waals surface area contributed by atoms with Gasteiger partial charge in [0, 0.05) is 50.0 Å². The van der Waals surface area contributed by atoms with Gasteiger partial charge in [-0.25, -0.2) is 4.98 Å². The van der Waals surface area contributed by atoms with E-state index in [1.54, 1.807) is 35.6 Å². The summed E-state index contributed by atoms with van der Waals surface area (Å²) in [5, 5.41) is 15.4. The molecule has 12 heteroatoms. The van der Waals surface area contributed by atoms with Crippen molar-refractivity contribution < 1.29 is 18.0 Å². The predicted octanol–water partition coefficient (Wildman–Crippen LogP) is 5.51. The molecule has 0 aliphatic heterocycles. The summed E-state index contributed by atoms with van der Waals surface area (Å²) in [6.45, 7) is 4.91. The lowest BCUT2D eigenvalue weighted by atomic mass is 9.97. The minimum Gasteiger partial charge on any atom is -0.361 e. The number of amides is 1.